The van der Waals surface area contributed by atoms with Crippen LogP contribution in [-0.4, -0.2) is 11.7 Å². The van der Waals surface area contributed by atoms with E-state index in [0.717, 1.165) is 88.3 Å². The summed E-state index contributed by atoms with van der Waals surface area (Å²) in [6.07, 6.45) is -0.399. The summed E-state index contributed by atoms with van der Waals surface area (Å²) in [7, 11) is 0. The molecule has 1 aromatic heterocycles. The molecule has 65 heavy (non-hydrogen) atoms. The first-order valence-corrected chi connectivity index (χ1v) is 22.2. The molecule has 0 spiro atoms. The van der Waals surface area contributed by atoms with E-state index in [-0.39, 0.29) is 0 Å². The van der Waals surface area contributed by atoms with E-state index in [1.807, 2.05) is 6.07 Å². The Morgan fingerprint density at radius 3 is 1.72 bits per heavy atom. The van der Waals surface area contributed by atoms with Crippen molar-refractivity contribution in [3.05, 3.63) is 241 Å². The molecule has 11 aromatic carbocycles. The largest absolute Gasteiger partial charge is 0.455 e. The molecule has 0 aliphatic carbocycles. The van der Waals surface area contributed by atoms with Crippen LogP contribution >= 0.6 is 0 Å². The van der Waals surface area contributed by atoms with Gasteiger partial charge in [-0.15, -0.1) is 0 Å². The molecule has 0 fully saturated rings. The molecule has 1 aliphatic heterocycles. The van der Waals surface area contributed by atoms with Crippen molar-refractivity contribution in [2.24, 2.45) is 9.98 Å². The molecule has 2 heterocycles. The van der Waals surface area contributed by atoms with Crippen molar-refractivity contribution in [1.29, 1.82) is 0 Å². The second kappa shape index (κ2) is 15.0. The van der Waals surface area contributed by atoms with Crippen LogP contribution in [0.4, 0.5) is 0 Å². The summed E-state index contributed by atoms with van der Waals surface area (Å²) in [4.78, 5) is 10.9. The molecular formula is C61H39N3O. The second-order valence-corrected chi connectivity index (χ2v) is 16.8. The molecular weight excluding hydrogens is 791 g/mol. The Balaban J connectivity index is 0.988. The summed E-state index contributed by atoms with van der Waals surface area (Å²) in [5.41, 5.74) is 11.7. The number of rotatable bonds is 6. The Kier molecular flexibility index (Phi) is 8.56. The maximum atomic E-state index is 6.71. The number of benzene rings is 11. The molecule has 4 heteroatoms. The minimum atomic E-state index is -0.399. The van der Waals surface area contributed by atoms with E-state index in [9.17, 15) is 0 Å². The van der Waals surface area contributed by atoms with Gasteiger partial charge < -0.3 is 9.73 Å². The summed E-state index contributed by atoms with van der Waals surface area (Å²) in [5.74, 6) is 1.47. The van der Waals surface area contributed by atoms with E-state index < -0.39 is 6.17 Å². The van der Waals surface area contributed by atoms with Crippen LogP contribution in [0.15, 0.2) is 239 Å². The quantitative estimate of drug-likeness (QED) is 0.170. The Labute approximate surface area is 375 Å². The zero-order chi connectivity index (χ0) is 42.8. The van der Waals surface area contributed by atoms with Gasteiger partial charge in [-0.3, -0.25) is 0 Å². The minimum absolute atomic E-state index is 0.399. The molecule has 304 valence electrons. The number of aliphatic imine (C=N–C) groups is 2. The third-order valence-corrected chi connectivity index (χ3v) is 13.2. The number of para-hydroxylation sites is 1. The average molecular weight is 830 g/mol. The molecule has 1 N–H and O–H groups in total. The molecule has 12 aromatic rings. The summed E-state index contributed by atoms with van der Waals surface area (Å²) < 4.78 is 6.71. The second-order valence-electron chi connectivity index (χ2n) is 16.8. The van der Waals surface area contributed by atoms with E-state index in [4.69, 9.17) is 14.4 Å². The molecule has 0 bridgehead atoms. The van der Waals surface area contributed by atoms with Gasteiger partial charge in [-0.1, -0.05) is 206 Å². The molecule has 1 aliphatic rings. The highest BCUT2D eigenvalue weighted by atomic mass is 16.3. The van der Waals surface area contributed by atoms with E-state index in [1.54, 1.807) is 0 Å². The molecule has 1 atom stereocenters. The average Bonchev–Trinajstić information content (AvgIpc) is 3.78. The predicted octanol–water partition coefficient (Wildman–Crippen LogP) is 15.7. The first-order valence-electron chi connectivity index (χ1n) is 22.2. The minimum Gasteiger partial charge on any atom is -0.455 e. The van der Waals surface area contributed by atoms with Gasteiger partial charge >= 0.3 is 0 Å². The third kappa shape index (κ3) is 6.14. The molecule has 0 amide bonds. The van der Waals surface area contributed by atoms with Crippen LogP contribution in [0.5, 0.6) is 0 Å². The van der Waals surface area contributed by atoms with E-state index >= 15 is 0 Å². The topological polar surface area (TPSA) is 49.9 Å². The van der Waals surface area contributed by atoms with Gasteiger partial charge in [0.05, 0.1) is 0 Å². The molecule has 4 nitrogen and oxygen atoms in total. The third-order valence-electron chi connectivity index (χ3n) is 13.2. The van der Waals surface area contributed by atoms with Crippen LogP contribution in [-0.2, 0) is 0 Å². The normalized spacial score (nSPS) is 14.0. The van der Waals surface area contributed by atoms with Crippen LogP contribution in [0.3, 0.4) is 0 Å². The van der Waals surface area contributed by atoms with E-state index in [0.29, 0.717) is 5.84 Å². The van der Waals surface area contributed by atoms with Crippen molar-refractivity contribution in [3.8, 4) is 33.4 Å². The van der Waals surface area contributed by atoms with Gasteiger partial charge in [0, 0.05) is 27.5 Å². The van der Waals surface area contributed by atoms with Gasteiger partial charge in [0.1, 0.15) is 23.2 Å². The predicted molar refractivity (Wildman–Crippen MR) is 272 cm³/mol. The summed E-state index contributed by atoms with van der Waals surface area (Å²) in [6.45, 7) is 0. The summed E-state index contributed by atoms with van der Waals surface area (Å²) in [6, 6.07) is 79.9. The Hall–Kier alpha value is -8.60. The number of hydrogen-bond acceptors (Lipinski definition) is 4. The fourth-order valence-electron chi connectivity index (χ4n) is 10.1. The number of amidine groups is 2. The van der Waals surface area contributed by atoms with Crippen LogP contribution in [0.2, 0.25) is 0 Å². The zero-order valence-electron chi connectivity index (χ0n) is 35.2. The first kappa shape index (κ1) is 37.0. The van der Waals surface area contributed by atoms with Crippen molar-refractivity contribution >= 4 is 76.7 Å². The van der Waals surface area contributed by atoms with Crippen LogP contribution in [0.1, 0.15) is 22.9 Å². The Bertz CT molecular complexity index is 3920. The smallest absolute Gasteiger partial charge is 0.160 e. The summed E-state index contributed by atoms with van der Waals surface area (Å²) in [5, 5.41) is 15.4. The van der Waals surface area contributed by atoms with Gasteiger partial charge in [0.15, 0.2) is 5.84 Å². The lowest BCUT2D eigenvalue weighted by atomic mass is 9.92. The highest BCUT2D eigenvalue weighted by Gasteiger charge is 2.25. The van der Waals surface area contributed by atoms with E-state index in [1.165, 1.54) is 32.7 Å². The number of hydrogen-bond donors (Lipinski definition) is 1. The van der Waals surface area contributed by atoms with Gasteiger partial charge in [-0.2, -0.15) is 0 Å². The Morgan fingerprint density at radius 2 is 0.923 bits per heavy atom. The maximum absolute atomic E-state index is 6.71. The fraction of sp³-hybridized carbons (Fsp3) is 0.0164. The Morgan fingerprint density at radius 1 is 0.369 bits per heavy atom. The fourth-order valence-corrected chi connectivity index (χ4v) is 10.1. The SMILES string of the molecule is c1ccc(-c2ccc(C3=NC(c4ccc5c(ccc6ccccc65)c4)NC(c4cccc5c(-c6cccc7oc8c(-c9ccccc9)cccc8c67)cccc45)=N3)c3ccccc23)cc1. The van der Waals surface area contributed by atoms with Gasteiger partial charge in [-0.05, 0) is 94.7 Å². The molecule has 0 saturated carbocycles. The highest BCUT2D eigenvalue weighted by Crippen LogP contribution is 2.43. The van der Waals surface area contributed by atoms with Crippen LogP contribution in [0.25, 0.3) is 98.4 Å². The van der Waals surface area contributed by atoms with Crippen molar-refractivity contribution in [1.82, 2.24) is 5.32 Å². The van der Waals surface area contributed by atoms with Gasteiger partial charge in [0.2, 0.25) is 0 Å². The summed E-state index contributed by atoms with van der Waals surface area (Å²) >= 11 is 0. The standard InChI is InChI=1S/C61H39N3O/c1-3-15-38(16-4-1)44-35-36-54(50-22-10-9-21-47(44)50)61-63-59(42-33-34-45-41(37-42)32-31-40-19-7-8-20-43(40)45)62-60(64-61)53-28-13-24-48-49(25-12-26-51(48)53)52-27-14-30-56-57(52)55-29-11-23-46(58(55)65-56)39-17-5-2-6-18-39/h1-37,59H,(H,62,63,64). The lowest BCUT2D eigenvalue weighted by Crippen LogP contribution is -2.33. The van der Waals surface area contributed by atoms with Crippen LogP contribution < -0.4 is 5.32 Å². The van der Waals surface area contributed by atoms with E-state index in [2.05, 4.69) is 224 Å². The number of nitrogens with one attached hydrogen (secondary N) is 1. The van der Waals surface area contributed by atoms with Gasteiger partial charge in [-0.25, -0.2) is 9.98 Å². The molecule has 0 radical (unpaired) electrons. The van der Waals surface area contributed by atoms with Crippen molar-refractivity contribution in [2.45, 2.75) is 6.17 Å². The first-order chi connectivity index (χ1) is 32.2. The van der Waals surface area contributed by atoms with Gasteiger partial charge in [0.25, 0.3) is 0 Å². The highest BCUT2D eigenvalue weighted by molar-refractivity contribution is 6.23. The van der Waals surface area contributed by atoms with Crippen molar-refractivity contribution < 1.29 is 4.42 Å². The number of fused-ring (bicyclic) bond motifs is 8. The number of nitrogens with zero attached hydrogens (tertiary/aromatic N) is 2. The number of furan rings is 1. The van der Waals surface area contributed by atoms with Crippen molar-refractivity contribution in [2.75, 3.05) is 0 Å². The zero-order valence-corrected chi connectivity index (χ0v) is 35.2. The lowest BCUT2D eigenvalue weighted by molar-refractivity contribution is 0.670. The van der Waals surface area contributed by atoms with Crippen molar-refractivity contribution in [3.63, 3.8) is 0 Å². The molecule has 0 saturated heterocycles. The van der Waals surface area contributed by atoms with Crippen LogP contribution in [0, 0.1) is 0 Å². The maximum Gasteiger partial charge on any atom is 0.160 e. The lowest BCUT2D eigenvalue weighted by Gasteiger charge is -2.25. The molecule has 1 unspecified atom stereocenters. The monoisotopic (exact) mass is 829 g/mol. The molecule has 13 rings (SSSR count).